The van der Waals surface area contributed by atoms with Gasteiger partial charge in [0, 0.05) is 30.3 Å². The predicted octanol–water partition coefficient (Wildman–Crippen LogP) is 6.63. The fourth-order valence-electron chi connectivity index (χ4n) is 6.07. The Morgan fingerprint density at radius 3 is 2.31 bits per heavy atom. The Kier molecular flexibility index (Phi) is 12.1. The zero-order chi connectivity index (χ0) is 32.7. The van der Waals surface area contributed by atoms with Crippen molar-refractivity contribution < 1.29 is 41.7 Å². The first-order valence-electron chi connectivity index (χ1n) is 15.7. The Morgan fingerprint density at radius 1 is 1.02 bits per heavy atom. The number of hydrogen-bond acceptors (Lipinski definition) is 7. The molecule has 0 N–H and O–H groups in total. The molecule has 0 amide bonds. The van der Waals surface area contributed by atoms with Crippen molar-refractivity contribution in [1.29, 1.82) is 0 Å². The number of benzene rings is 2. The SMILES string of the molecule is CCOC(=O)COCCO[C@@H](C)[C@H](C)OCCOc1cc(F)c([C@@H]2C3=C(C[C@@H](C)N2CC(C)(C)F)c2ccccc2C3)c(F)c1. The minimum absolute atomic E-state index is 0.0430. The average Bonchev–Trinajstić information content (AvgIpc) is 3.33. The van der Waals surface area contributed by atoms with E-state index in [2.05, 4.69) is 6.07 Å². The molecule has 2 aliphatic rings. The molecule has 0 unspecified atom stereocenters. The molecule has 0 radical (unpaired) electrons. The number of hydrogen-bond donors (Lipinski definition) is 0. The van der Waals surface area contributed by atoms with E-state index in [9.17, 15) is 4.79 Å². The minimum Gasteiger partial charge on any atom is -0.491 e. The van der Waals surface area contributed by atoms with E-state index in [1.807, 2.05) is 43.9 Å². The zero-order valence-corrected chi connectivity index (χ0v) is 27.2. The van der Waals surface area contributed by atoms with Crippen LogP contribution in [0, 0.1) is 11.6 Å². The second kappa shape index (κ2) is 15.6. The van der Waals surface area contributed by atoms with Gasteiger partial charge in [-0.15, -0.1) is 0 Å². The molecule has 2 aromatic rings. The van der Waals surface area contributed by atoms with Crippen molar-refractivity contribution in [2.75, 3.05) is 46.2 Å². The number of ether oxygens (including phenoxy) is 5. The van der Waals surface area contributed by atoms with Crippen molar-refractivity contribution >= 4 is 11.5 Å². The summed E-state index contributed by atoms with van der Waals surface area (Å²) in [5.74, 6) is -1.82. The summed E-state index contributed by atoms with van der Waals surface area (Å²) in [6.07, 6.45) is 0.712. The van der Waals surface area contributed by atoms with Gasteiger partial charge in [-0.1, -0.05) is 24.3 Å². The predicted molar refractivity (Wildman–Crippen MR) is 166 cm³/mol. The maximum Gasteiger partial charge on any atom is 0.332 e. The summed E-state index contributed by atoms with van der Waals surface area (Å²) in [6.45, 7) is 11.4. The molecular formula is C35H46F3NO6. The highest BCUT2D eigenvalue weighted by molar-refractivity contribution is 5.79. The van der Waals surface area contributed by atoms with Gasteiger partial charge >= 0.3 is 5.97 Å². The molecule has 248 valence electrons. The average molecular weight is 634 g/mol. The lowest BCUT2D eigenvalue weighted by atomic mass is 9.84. The van der Waals surface area contributed by atoms with Gasteiger partial charge in [-0.05, 0) is 76.7 Å². The molecule has 2 aromatic carbocycles. The van der Waals surface area contributed by atoms with Gasteiger partial charge in [0.25, 0.3) is 0 Å². The highest BCUT2D eigenvalue weighted by Gasteiger charge is 2.43. The highest BCUT2D eigenvalue weighted by atomic mass is 19.1. The van der Waals surface area contributed by atoms with E-state index >= 15 is 13.2 Å². The van der Waals surface area contributed by atoms with E-state index in [0.29, 0.717) is 19.4 Å². The molecule has 7 nitrogen and oxygen atoms in total. The third-order valence-corrected chi connectivity index (χ3v) is 8.25. The van der Waals surface area contributed by atoms with Gasteiger partial charge in [0.2, 0.25) is 0 Å². The Balaban J connectivity index is 1.37. The van der Waals surface area contributed by atoms with Crippen LogP contribution in [-0.4, -0.2) is 81.0 Å². The number of alkyl halides is 1. The molecule has 4 rings (SSSR count). The van der Waals surface area contributed by atoms with Gasteiger partial charge in [-0.25, -0.2) is 18.0 Å². The van der Waals surface area contributed by atoms with E-state index < -0.39 is 29.3 Å². The Morgan fingerprint density at radius 2 is 1.67 bits per heavy atom. The number of nitrogens with zero attached hydrogens (tertiary/aromatic N) is 1. The lowest BCUT2D eigenvalue weighted by Gasteiger charge is -2.44. The molecule has 0 bridgehead atoms. The summed E-state index contributed by atoms with van der Waals surface area (Å²) in [5, 5.41) is 0. The monoisotopic (exact) mass is 633 g/mol. The maximum atomic E-state index is 15.9. The van der Waals surface area contributed by atoms with Crippen LogP contribution in [0.5, 0.6) is 5.75 Å². The number of halogens is 3. The van der Waals surface area contributed by atoms with Gasteiger partial charge < -0.3 is 23.7 Å². The third kappa shape index (κ3) is 9.09. The molecule has 1 aliphatic carbocycles. The first-order chi connectivity index (χ1) is 21.4. The van der Waals surface area contributed by atoms with Crippen molar-refractivity contribution in [1.82, 2.24) is 4.90 Å². The van der Waals surface area contributed by atoms with Crippen LogP contribution in [0.25, 0.3) is 5.57 Å². The molecular weight excluding hydrogens is 587 g/mol. The van der Waals surface area contributed by atoms with Crippen LogP contribution in [0.1, 0.15) is 70.7 Å². The molecule has 4 atom stereocenters. The lowest BCUT2D eigenvalue weighted by Crippen LogP contribution is -2.47. The van der Waals surface area contributed by atoms with Gasteiger partial charge in [0.1, 0.15) is 36.3 Å². The second-order valence-electron chi connectivity index (χ2n) is 12.3. The first kappa shape index (κ1) is 34.9. The summed E-state index contributed by atoms with van der Waals surface area (Å²) in [4.78, 5) is 13.2. The fraction of sp³-hybridized carbons (Fsp3) is 0.571. The van der Waals surface area contributed by atoms with Crippen molar-refractivity contribution in [3.63, 3.8) is 0 Å². The summed E-state index contributed by atoms with van der Waals surface area (Å²) >= 11 is 0. The molecule has 1 aliphatic heterocycles. The van der Waals surface area contributed by atoms with Crippen LogP contribution in [0.15, 0.2) is 42.0 Å². The smallest absolute Gasteiger partial charge is 0.332 e. The molecule has 0 saturated heterocycles. The molecule has 1 heterocycles. The van der Waals surface area contributed by atoms with E-state index in [4.69, 9.17) is 23.7 Å². The van der Waals surface area contributed by atoms with Crippen LogP contribution >= 0.6 is 0 Å². The zero-order valence-electron chi connectivity index (χ0n) is 27.2. The summed E-state index contributed by atoms with van der Waals surface area (Å²) in [5.41, 5.74) is 2.63. The minimum atomic E-state index is -1.55. The number of rotatable bonds is 16. The summed E-state index contributed by atoms with van der Waals surface area (Å²) in [6, 6.07) is 9.58. The van der Waals surface area contributed by atoms with Gasteiger partial charge in [-0.2, -0.15) is 0 Å². The Labute approximate surface area is 264 Å². The third-order valence-electron chi connectivity index (χ3n) is 8.25. The van der Waals surface area contributed by atoms with Crippen LogP contribution in [0.4, 0.5) is 13.2 Å². The van der Waals surface area contributed by atoms with Gasteiger partial charge in [0.05, 0.1) is 44.7 Å². The van der Waals surface area contributed by atoms with Gasteiger partial charge in [-0.3, -0.25) is 4.90 Å². The van der Waals surface area contributed by atoms with Crippen molar-refractivity contribution in [3.8, 4) is 5.75 Å². The van der Waals surface area contributed by atoms with E-state index in [1.165, 1.54) is 26.0 Å². The lowest BCUT2D eigenvalue weighted by molar-refractivity contribution is -0.149. The van der Waals surface area contributed by atoms with Crippen LogP contribution in [0.3, 0.4) is 0 Å². The molecule has 0 spiro atoms. The van der Waals surface area contributed by atoms with E-state index in [1.54, 1.807) is 6.92 Å². The quantitative estimate of drug-likeness (QED) is 0.152. The number of esters is 1. The largest absolute Gasteiger partial charge is 0.491 e. The van der Waals surface area contributed by atoms with Crippen LogP contribution in [-0.2, 0) is 30.2 Å². The van der Waals surface area contributed by atoms with Gasteiger partial charge in [0.15, 0.2) is 0 Å². The van der Waals surface area contributed by atoms with Crippen molar-refractivity contribution in [2.24, 2.45) is 0 Å². The first-order valence-corrected chi connectivity index (χ1v) is 15.7. The molecule has 0 aromatic heterocycles. The Hall–Kier alpha value is -2.92. The molecule has 45 heavy (non-hydrogen) atoms. The Bertz CT molecular complexity index is 1320. The number of carbonyl (C=O) groups excluding carboxylic acids is 1. The molecule has 0 saturated carbocycles. The molecule has 10 heteroatoms. The highest BCUT2D eigenvalue weighted by Crippen LogP contribution is 2.50. The maximum absolute atomic E-state index is 15.9. The topological polar surface area (TPSA) is 66.5 Å². The van der Waals surface area contributed by atoms with Crippen LogP contribution < -0.4 is 4.74 Å². The number of carbonyl (C=O) groups is 1. The summed E-state index contributed by atoms with van der Waals surface area (Å²) < 4.78 is 73.9. The fourth-order valence-corrected chi connectivity index (χ4v) is 6.07. The van der Waals surface area contributed by atoms with Crippen LogP contribution in [0.2, 0.25) is 0 Å². The van der Waals surface area contributed by atoms with Crippen molar-refractivity contribution in [2.45, 2.75) is 84.3 Å². The standard InChI is InChI=1S/C35H46F3NO6/c1-7-42-32(40)20-41-12-13-43-23(3)24(4)44-14-15-45-26-18-30(36)33(31(37)19-26)34-29-17-25-10-8-9-11-27(25)28(29)16-22(2)39(34)21-35(5,6)38/h8-11,18-19,22-24,34H,7,12-17,20-21H2,1-6H3/t22-,23+,24+,34+/m1/s1. The van der Waals surface area contributed by atoms with E-state index in [0.717, 1.165) is 22.3 Å². The molecule has 0 fully saturated rings. The van der Waals surface area contributed by atoms with E-state index in [-0.39, 0.29) is 69.1 Å². The second-order valence-corrected chi connectivity index (χ2v) is 12.3. The van der Waals surface area contributed by atoms with Crippen molar-refractivity contribution in [3.05, 3.63) is 70.3 Å². The summed E-state index contributed by atoms with van der Waals surface area (Å²) in [7, 11) is 0. The normalized spacial score (nSPS) is 19.7. The number of fused-ring (bicyclic) bond motifs is 2.